The van der Waals surface area contributed by atoms with Crippen molar-refractivity contribution in [3.63, 3.8) is 0 Å². The smallest absolute Gasteiger partial charge is 0.242 e. The molecule has 0 spiro atoms. The fourth-order valence-corrected chi connectivity index (χ4v) is 2.67. The largest absolute Gasteiger partial charge is 0.344 e. The van der Waals surface area contributed by atoms with Crippen molar-refractivity contribution in [1.29, 1.82) is 0 Å². The fraction of sp³-hybridized carbons (Fsp3) is 0.118. The number of hydrogen-bond donors (Lipinski definition) is 1. The number of amides is 1. The van der Waals surface area contributed by atoms with Crippen LogP contribution in [0, 0.1) is 0 Å². The van der Waals surface area contributed by atoms with Gasteiger partial charge in [0, 0.05) is 0 Å². The maximum atomic E-state index is 12.4. The number of rotatable bonds is 5. The van der Waals surface area contributed by atoms with E-state index in [0.717, 1.165) is 11.1 Å². The van der Waals surface area contributed by atoms with Gasteiger partial charge in [-0.05, 0) is 23.3 Å². The maximum absolute atomic E-state index is 12.4. The van der Waals surface area contributed by atoms with Crippen molar-refractivity contribution in [2.24, 2.45) is 0 Å². The van der Waals surface area contributed by atoms with Crippen LogP contribution in [0.4, 0.5) is 0 Å². The molecule has 2 aromatic carbocycles. The Hall–Kier alpha value is -2.37. The lowest BCUT2D eigenvalue weighted by atomic mass is 9.98. The van der Waals surface area contributed by atoms with Gasteiger partial charge in [0.05, 0.1) is 16.1 Å². The van der Waals surface area contributed by atoms with Gasteiger partial charge in [-0.25, -0.2) is 9.67 Å². The molecule has 1 atom stereocenters. The average Bonchev–Trinajstić information content (AvgIpc) is 3.09. The van der Waals surface area contributed by atoms with E-state index in [2.05, 4.69) is 15.4 Å². The molecule has 0 aliphatic carbocycles. The summed E-state index contributed by atoms with van der Waals surface area (Å²) in [6.45, 7) is 0.0880. The van der Waals surface area contributed by atoms with Gasteiger partial charge >= 0.3 is 0 Å². The third-order valence-corrected chi connectivity index (χ3v) is 4.23. The van der Waals surface area contributed by atoms with Crippen molar-refractivity contribution in [3.8, 4) is 0 Å². The lowest BCUT2D eigenvalue weighted by molar-refractivity contribution is -0.122. The van der Waals surface area contributed by atoms with E-state index in [-0.39, 0.29) is 18.5 Å². The fourth-order valence-electron chi connectivity index (χ4n) is 2.36. The number of benzene rings is 2. The van der Waals surface area contributed by atoms with Crippen molar-refractivity contribution in [2.75, 3.05) is 0 Å². The van der Waals surface area contributed by atoms with Crippen LogP contribution >= 0.6 is 23.2 Å². The van der Waals surface area contributed by atoms with E-state index in [0.29, 0.717) is 10.0 Å². The summed E-state index contributed by atoms with van der Waals surface area (Å²) in [5.74, 6) is -0.180. The Bertz CT molecular complexity index is 822. The summed E-state index contributed by atoms with van der Waals surface area (Å²) in [6.07, 6.45) is 2.89. The molecular weight excluding hydrogens is 347 g/mol. The van der Waals surface area contributed by atoms with Crippen molar-refractivity contribution in [1.82, 2.24) is 20.1 Å². The Morgan fingerprint density at radius 1 is 1.08 bits per heavy atom. The number of halogens is 2. The van der Waals surface area contributed by atoms with Gasteiger partial charge in [-0.2, -0.15) is 5.10 Å². The predicted molar refractivity (Wildman–Crippen MR) is 92.9 cm³/mol. The van der Waals surface area contributed by atoms with Crippen LogP contribution in [-0.4, -0.2) is 20.7 Å². The molecule has 0 aliphatic heterocycles. The molecule has 0 fully saturated rings. The maximum Gasteiger partial charge on any atom is 0.242 e. The molecule has 0 aliphatic rings. The second kappa shape index (κ2) is 7.47. The van der Waals surface area contributed by atoms with Gasteiger partial charge in [-0.15, -0.1) is 0 Å². The van der Waals surface area contributed by atoms with Crippen molar-refractivity contribution < 1.29 is 4.79 Å². The third kappa shape index (κ3) is 3.93. The van der Waals surface area contributed by atoms with Crippen LogP contribution < -0.4 is 5.32 Å². The van der Waals surface area contributed by atoms with Crippen molar-refractivity contribution >= 4 is 29.1 Å². The molecule has 5 nitrogen and oxygen atoms in total. The molecule has 7 heteroatoms. The zero-order valence-corrected chi connectivity index (χ0v) is 14.1. The summed E-state index contributed by atoms with van der Waals surface area (Å²) in [7, 11) is 0. The van der Waals surface area contributed by atoms with Crippen LogP contribution in [0.1, 0.15) is 17.2 Å². The normalized spacial score (nSPS) is 11.9. The van der Waals surface area contributed by atoms with Crippen LogP contribution in [-0.2, 0) is 11.3 Å². The van der Waals surface area contributed by atoms with Gasteiger partial charge in [-0.3, -0.25) is 4.79 Å². The lowest BCUT2D eigenvalue weighted by Crippen LogP contribution is -2.32. The standard InChI is InChI=1S/C17H14Cl2N4O/c18-14-7-6-13(8-15(14)19)17(12-4-2-1-3-5-12)22-16(24)9-23-11-20-10-21-23/h1-8,10-11,17H,9H2,(H,22,24)/t17-/m1/s1. The molecule has 0 saturated heterocycles. The first kappa shape index (κ1) is 16.5. The van der Waals surface area contributed by atoms with E-state index in [4.69, 9.17) is 23.2 Å². The molecule has 24 heavy (non-hydrogen) atoms. The van der Waals surface area contributed by atoms with E-state index in [1.807, 2.05) is 36.4 Å². The van der Waals surface area contributed by atoms with Gasteiger partial charge in [-0.1, -0.05) is 59.6 Å². The van der Waals surface area contributed by atoms with E-state index >= 15 is 0 Å². The number of carbonyl (C=O) groups excluding carboxylic acids is 1. The van der Waals surface area contributed by atoms with Crippen LogP contribution in [0.5, 0.6) is 0 Å². The van der Waals surface area contributed by atoms with Crippen molar-refractivity contribution in [2.45, 2.75) is 12.6 Å². The Morgan fingerprint density at radius 2 is 1.88 bits per heavy atom. The predicted octanol–water partition coefficient (Wildman–Crippen LogP) is 3.49. The van der Waals surface area contributed by atoms with Gasteiger partial charge in [0.1, 0.15) is 19.2 Å². The lowest BCUT2D eigenvalue weighted by Gasteiger charge is -2.20. The molecule has 0 unspecified atom stereocenters. The van der Waals surface area contributed by atoms with Crippen LogP contribution in [0.25, 0.3) is 0 Å². The van der Waals surface area contributed by atoms with Gasteiger partial charge < -0.3 is 5.32 Å². The SMILES string of the molecule is O=C(Cn1cncn1)N[C@H](c1ccccc1)c1ccc(Cl)c(Cl)c1. The number of hydrogen-bond acceptors (Lipinski definition) is 3. The second-order valence-corrected chi connectivity index (χ2v) is 5.99. The summed E-state index contributed by atoms with van der Waals surface area (Å²) in [4.78, 5) is 16.2. The molecule has 1 amide bonds. The van der Waals surface area contributed by atoms with Crippen molar-refractivity contribution in [3.05, 3.63) is 82.4 Å². The minimum atomic E-state index is -0.336. The van der Waals surface area contributed by atoms with Gasteiger partial charge in [0.25, 0.3) is 0 Å². The number of aromatic nitrogens is 3. The highest BCUT2D eigenvalue weighted by atomic mass is 35.5. The molecule has 1 heterocycles. The minimum absolute atomic E-state index is 0.0880. The zero-order chi connectivity index (χ0) is 16.9. The van der Waals surface area contributed by atoms with E-state index in [9.17, 15) is 4.79 Å². The molecule has 0 saturated carbocycles. The van der Waals surface area contributed by atoms with E-state index in [1.54, 1.807) is 12.1 Å². The molecule has 3 aromatic rings. The first-order valence-corrected chi connectivity index (χ1v) is 8.01. The van der Waals surface area contributed by atoms with E-state index in [1.165, 1.54) is 17.3 Å². The van der Waals surface area contributed by atoms with Gasteiger partial charge in [0.15, 0.2) is 0 Å². The highest BCUT2D eigenvalue weighted by molar-refractivity contribution is 6.42. The Labute approximate surface area is 149 Å². The van der Waals surface area contributed by atoms with E-state index < -0.39 is 0 Å². The average molecular weight is 361 g/mol. The molecule has 1 aromatic heterocycles. The summed E-state index contributed by atoms with van der Waals surface area (Å²) in [5, 5.41) is 7.86. The molecule has 0 bridgehead atoms. The first-order valence-electron chi connectivity index (χ1n) is 7.25. The first-order chi connectivity index (χ1) is 11.6. The Balaban J connectivity index is 1.87. The summed E-state index contributed by atoms with van der Waals surface area (Å²) in [5.41, 5.74) is 1.80. The quantitative estimate of drug-likeness (QED) is 0.757. The molecule has 3 rings (SSSR count). The highest BCUT2D eigenvalue weighted by Crippen LogP contribution is 2.28. The Kier molecular flexibility index (Phi) is 5.13. The third-order valence-electron chi connectivity index (χ3n) is 3.49. The topological polar surface area (TPSA) is 59.8 Å². The monoisotopic (exact) mass is 360 g/mol. The van der Waals surface area contributed by atoms with Crippen LogP contribution in [0.15, 0.2) is 61.2 Å². The molecular formula is C17H14Cl2N4O. The number of nitrogens with one attached hydrogen (secondary N) is 1. The summed E-state index contributed by atoms with van der Waals surface area (Å²) in [6, 6.07) is 14.7. The molecule has 1 N–H and O–H groups in total. The second-order valence-electron chi connectivity index (χ2n) is 5.18. The molecule has 0 radical (unpaired) electrons. The highest BCUT2D eigenvalue weighted by Gasteiger charge is 2.18. The molecule has 122 valence electrons. The number of nitrogens with zero attached hydrogens (tertiary/aromatic N) is 3. The van der Waals surface area contributed by atoms with Gasteiger partial charge in [0.2, 0.25) is 5.91 Å². The number of carbonyl (C=O) groups is 1. The zero-order valence-electron chi connectivity index (χ0n) is 12.6. The summed E-state index contributed by atoms with van der Waals surface area (Å²) >= 11 is 12.1. The van der Waals surface area contributed by atoms with Crippen LogP contribution in [0.2, 0.25) is 10.0 Å². The van der Waals surface area contributed by atoms with Crippen LogP contribution in [0.3, 0.4) is 0 Å². The summed E-state index contributed by atoms with van der Waals surface area (Å²) < 4.78 is 1.46. The Morgan fingerprint density at radius 3 is 2.54 bits per heavy atom. The minimum Gasteiger partial charge on any atom is -0.344 e.